The molecule has 0 N–H and O–H groups in total. The van der Waals surface area contributed by atoms with Gasteiger partial charge in [0.05, 0.1) is 11.4 Å². The van der Waals surface area contributed by atoms with Crippen molar-refractivity contribution in [2.75, 3.05) is 31.1 Å². The molecule has 1 aliphatic heterocycles. The Kier molecular flexibility index (Phi) is 5.01. The second-order valence-corrected chi connectivity index (χ2v) is 5.57. The quantitative estimate of drug-likeness (QED) is 0.778. The molecule has 1 saturated heterocycles. The van der Waals surface area contributed by atoms with E-state index in [0.29, 0.717) is 0 Å². The van der Waals surface area contributed by atoms with Crippen LogP contribution in [0.25, 0.3) is 0 Å². The number of aromatic nitrogens is 1. The van der Waals surface area contributed by atoms with Gasteiger partial charge in [0.15, 0.2) is 0 Å². The van der Waals surface area contributed by atoms with E-state index in [0.717, 1.165) is 24.2 Å². The number of anilines is 1. The summed E-state index contributed by atoms with van der Waals surface area (Å²) in [6.45, 7) is 9.85. The smallest absolute Gasteiger partial charge is 0.106 e. The number of pyridine rings is 1. The van der Waals surface area contributed by atoms with Crippen LogP contribution in [-0.4, -0.2) is 36.1 Å². The number of nitrogens with zero attached hydrogens (tertiary/aromatic N) is 3. The van der Waals surface area contributed by atoms with E-state index < -0.39 is 0 Å². The fourth-order valence-corrected chi connectivity index (χ4v) is 2.83. The Hall–Kier alpha value is -0.610. The van der Waals surface area contributed by atoms with Crippen molar-refractivity contribution < 1.29 is 0 Å². The molecule has 0 aromatic carbocycles. The maximum atomic E-state index is 4.69. The third-order valence-electron chi connectivity index (χ3n) is 3.63. The van der Waals surface area contributed by atoms with Crippen LogP contribution in [0.15, 0.2) is 16.7 Å². The lowest BCUT2D eigenvalue weighted by atomic mass is 10.2. The largest absolute Gasteiger partial charge is 0.370 e. The predicted molar refractivity (Wildman–Crippen MR) is 80.0 cm³/mol. The average Bonchev–Trinajstić information content (AvgIpc) is 2.89. The van der Waals surface area contributed by atoms with Gasteiger partial charge in [-0.25, -0.2) is 4.98 Å². The molecule has 0 unspecified atom stereocenters. The van der Waals surface area contributed by atoms with Crippen molar-refractivity contribution in [2.24, 2.45) is 0 Å². The first-order chi connectivity index (χ1) is 8.74. The Morgan fingerprint density at radius 3 is 2.50 bits per heavy atom. The summed E-state index contributed by atoms with van der Waals surface area (Å²) < 4.78 is 0.938. The van der Waals surface area contributed by atoms with Crippen LogP contribution in [0.3, 0.4) is 0 Å². The molecule has 0 aliphatic carbocycles. The molecule has 1 fully saturated rings. The first kappa shape index (κ1) is 13.8. The van der Waals surface area contributed by atoms with Gasteiger partial charge in [-0.3, -0.25) is 4.90 Å². The van der Waals surface area contributed by atoms with Crippen LogP contribution >= 0.6 is 15.9 Å². The molecule has 1 aromatic heterocycles. The molecule has 100 valence electrons. The van der Waals surface area contributed by atoms with Crippen LogP contribution in [-0.2, 0) is 6.54 Å². The van der Waals surface area contributed by atoms with Gasteiger partial charge in [-0.1, -0.05) is 13.8 Å². The zero-order valence-electron chi connectivity index (χ0n) is 11.3. The standard InChI is InChI=1S/C14H22BrN3/c1-3-17(4-2)11-12-13(7-8-14(15)16-12)18-9-5-6-10-18/h7-8H,3-6,9-11H2,1-2H3. The molecule has 0 amide bonds. The van der Waals surface area contributed by atoms with E-state index in [4.69, 9.17) is 0 Å². The van der Waals surface area contributed by atoms with Gasteiger partial charge in [0.2, 0.25) is 0 Å². The van der Waals surface area contributed by atoms with E-state index in [1.807, 2.05) is 0 Å². The molecular formula is C14H22BrN3. The molecule has 0 bridgehead atoms. The van der Waals surface area contributed by atoms with Crippen molar-refractivity contribution in [3.05, 3.63) is 22.4 Å². The minimum absolute atomic E-state index is 0.938. The van der Waals surface area contributed by atoms with Crippen molar-refractivity contribution >= 4 is 21.6 Å². The second-order valence-electron chi connectivity index (χ2n) is 4.76. The first-order valence-corrected chi connectivity index (χ1v) is 7.66. The third-order valence-corrected chi connectivity index (χ3v) is 4.07. The van der Waals surface area contributed by atoms with E-state index in [1.54, 1.807) is 0 Å². The van der Waals surface area contributed by atoms with Crippen LogP contribution < -0.4 is 4.90 Å². The molecule has 4 heteroatoms. The summed E-state index contributed by atoms with van der Waals surface area (Å²) in [6, 6.07) is 4.26. The van der Waals surface area contributed by atoms with Crippen LogP contribution in [0, 0.1) is 0 Å². The van der Waals surface area contributed by atoms with Gasteiger partial charge in [0, 0.05) is 19.6 Å². The average molecular weight is 312 g/mol. The molecule has 1 aromatic rings. The fourth-order valence-electron chi connectivity index (χ4n) is 2.49. The SMILES string of the molecule is CCN(CC)Cc1nc(Br)ccc1N1CCCC1. The molecular weight excluding hydrogens is 290 g/mol. The van der Waals surface area contributed by atoms with E-state index in [1.165, 1.54) is 37.3 Å². The van der Waals surface area contributed by atoms with Crippen molar-refractivity contribution in [3.8, 4) is 0 Å². The number of hydrogen-bond acceptors (Lipinski definition) is 3. The van der Waals surface area contributed by atoms with Gasteiger partial charge in [-0.2, -0.15) is 0 Å². The zero-order valence-corrected chi connectivity index (χ0v) is 12.9. The lowest BCUT2D eigenvalue weighted by Crippen LogP contribution is -2.26. The Morgan fingerprint density at radius 1 is 1.22 bits per heavy atom. The van der Waals surface area contributed by atoms with Gasteiger partial charge in [0.25, 0.3) is 0 Å². The number of hydrogen-bond donors (Lipinski definition) is 0. The van der Waals surface area contributed by atoms with Gasteiger partial charge < -0.3 is 4.90 Å². The van der Waals surface area contributed by atoms with Crippen LogP contribution in [0.5, 0.6) is 0 Å². The van der Waals surface area contributed by atoms with Gasteiger partial charge in [-0.15, -0.1) is 0 Å². The van der Waals surface area contributed by atoms with Crippen molar-refractivity contribution in [3.63, 3.8) is 0 Å². The van der Waals surface area contributed by atoms with Gasteiger partial charge in [-0.05, 0) is 54.0 Å². The molecule has 1 aliphatic rings. The topological polar surface area (TPSA) is 19.4 Å². The van der Waals surface area contributed by atoms with Crippen molar-refractivity contribution in [1.29, 1.82) is 0 Å². The summed E-state index contributed by atoms with van der Waals surface area (Å²) in [5, 5.41) is 0. The Labute approximate surface area is 118 Å². The summed E-state index contributed by atoms with van der Waals surface area (Å²) in [6.07, 6.45) is 2.61. The van der Waals surface area contributed by atoms with Crippen LogP contribution in [0.2, 0.25) is 0 Å². The van der Waals surface area contributed by atoms with Gasteiger partial charge in [0.1, 0.15) is 4.60 Å². The fraction of sp³-hybridized carbons (Fsp3) is 0.643. The molecule has 0 atom stereocenters. The highest BCUT2D eigenvalue weighted by Crippen LogP contribution is 2.26. The summed E-state index contributed by atoms with van der Waals surface area (Å²) in [4.78, 5) is 9.57. The minimum atomic E-state index is 0.938. The summed E-state index contributed by atoms with van der Waals surface area (Å²) >= 11 is 3.49. The zero-order chi connectivity index (χ0) is 13.0. The molecule has 2 rings (SSSR count). The molecule has 3 nitrogen and oxygen atoms in total. The molecule has 2 heterocycles. The van der Waals surface area contributed by atoms with Gasteiger partial charge >= 0.3 is 0 Å². The Morgan fingerprint density at radius 2 is 1.89 bits per heavy atom. The summed E-state index contributed by atoms with van der Waals surface area (Å²) in [5.74, 6) is 0. The van der Waals surface area contributed by atoms with E-state index in [-0.39, 0.29) is 0 Å². The lowest BCUT2D eigenvalue weighted by Gasteiger charge is -2.24. The maximum absolute atomic E-state index is 4.69. The monoisotopic (exact) mass is 311 g/mol. The highest BCUT2D eigenvalue weighted by atomic mass is 79.9. The maximum Gasteiger partial charge on any atom is 0.106 e. The van der Waals surface area contributed by atoms with Crippen molar-refractivity contribution in [1.82, 2.24) is 9.88 Å². The highest BCUT2D eigenvalue weighted by Gasteiger charge is 2.17. The van der Waals surface area contributed by atoms with E-state index >= 15 is 0 Å². The summed E-state index contributed by atoms with van der Waals surface area (Å²) in [7, 11) is 0. The van der Waals surface area contributed by atoms with Crippen LogP contribution in [0.4, 0.5) is 5.69 Å². The molecule has 0 spiro atoms. The second kappa shape index (κ2) is 6.53. The number of rotatable bonds is 5. The Bertz CT molecular complexity index is 385. The number of halogens is 1. The minimum Gasteiger partial charge on any atom is -0.370 e. The van der Waals surface area contributed by atoms with Crippen LogP contribution in [0.1, 0.15) is 32.4 Å². The Balaban J connectivity index is 2.22. The lowest BCUT2D eigenvalue weighted by molar-refractivity contribution is 0.292. The van der Waals surface area contributed by atoms with E-state index in [9.17, 15) is 0 Å². The highest BCUT2D eigenvalue weighted by molar-refractivity contribution is 9.10. The molecule has 0 radical (unpaired) electrons. The van der Waals surface area contributed by atoms with E-state index in [2.05, 4.69) is 56.7 Å². The molecule has 0 saturated carbocycles. The molecule has 18 heavy (non-hydrogen) atoms. The normalized spacial score (nSPS) is 15.7. The third kappa shape index (κ3) is 3.23. The summed E-state index contributed by atoms with van der Waals surface area (Å²) in [5.41, 5.74) is 2.53. The first-order valence-electron chi connectivity index (χ1n) is 6.87. The predicted octanol–water partition coefficient (Wildman–Crippen LogP) is 3.29. The van der Waals surface area contributed by atoms with Crippen molar-refractivity contribution in [2.45, 2.75) is 33.2 Å².